The van der Waals surface area contributed by atoms with Gasteiger partial charge in [-0.3, -0.25) is 4.99 Å². The molecule has 0 aliphatic carbocycles. The first-order valence-electron chi connectivity index (χ1n) is 5.42. The number of nitrogens with zero attached hydrogens (tertiary/aromatic N) is 1. The lowest BCUT2D eigenvalue weighted by Crippen LogP contribution is -2.23. The molecule has 1 fully saturated rings. The molecule has 0 radical (unpaired) electrons. The molecule has 1 saturated heterocycles. The van der Waals surface area contributed by atoms with Crippen LogP contribution in [0.1, 0.15) is 12.5 Å². The summed E-state index contributed by atoms with van der Waals surface area (Å²) in [5, 5.41) is 4.31. The van der Waals surface area contributed by atoms with Crippen LogP contribution in [0.15, 0.2) is 29.3 Å². The fourth-order valence-electron chi connectivity index (χ4n) is 1.57. The predicted molar refractivity (Wildman–Crippen MR) is 67.5 cm³/mol. The van der Waals surface area contributed by atoms with Crippen molar-refractivity contribution < 1.29 is 4.39 Å². The maximum Gasteiger partial charge on any atom is 0.156 e. The summed E-state index contributed by atoms with van der Waals surface area (Å²) >= 11 is 1.75. The van der Waals surface area contributed by atoms with Crippen molar-refractivity contribution in [3.63, 3.8) is 0 Å². The molecule has 0 aromatic heterocycles. The quantitative estimate of drug-likeness (QED) is 0.874. The Morgan fingerprint density at radius 1 is 1.56 bits per heavy atom. The van der Waals surface area contributed by atoms with E-state index in [0.29, 0.717) is 12.6 Å². The molecular formula is C12H15FN2S. The summed E-state index contributed by atoms with van der Waals surface area (Å²) < 4.78 is 12.9. The maximum absolute atomic E-state index is 12.9. The van der Waals surface area contributed by atoms with Gasteiger partial charge in [0, 0.05) is 18.3 Å². The van der Waals surface area contributed by atoms with E-state index in [9.17, 15) is 4.39 Å². The van der Waals surface area contributed by atoms with Crippen LogP contribution in [-0.4, -0.2) is 23.5 Å². The molecule has 2 nitrogen and oxygen atoms in total. The standard InChI is InChI=1S/C12H15FN2S/c1-9-8-16-12(15-9)14-6-5-10-3-2-4-11(13)7-10/h2-4,7,9H,5-6,8H2,1H3,(H,14,15). The van der Waals surface area contributed by atoms with Crippen LogP contribution in [0.25, 0.3) is 0 Å². The minimum Gasteiger partial charge on any atom is -0.362 e. The monoisotopic (exact) mass is 238 g/mol. The first kappa shape index (κ1) is 11.5. The van der Waals surface area contributed by atoms with Crippen LogP contribution < -0.4 is 5.32 Å². The summed E-state index contributed by atoms with van der Waals surface area (Å²) in [4.78, 5) is 4.44. The van der Waals surface area contributed by atoms with Gasteiger partial charge in [0.15, 0.2) is 5.17 Å². The van der Waals surface area contributed by atoms with Crippen LogP contribution >= 0.6 is 11.8 Å². The summed E-state index contributed by atoms with van der Waals surface area (Å²) in [6, 6.07) is 7.21. The van der Waals surface area contributed by atoms with E-state index in [0.717, 1.165) is 22.9 Å². The van der Waals surface area contributed by atoms with E-state index < -0.39 is 0 Å². The van der Waals surface area contributed by atoms with E-state index in [4.69, 9.17) is 0 Å². The lowest BCUT2D eigenvalue weighted by atomic mass is 10.1. The first-order valence-corrected chi connectivity index (χ1v) is 6.41. The Morgan fingerprint density at radius 3 is 3.12 bits per heavy atom. The van der Waals surface area contributed by atoms with E-state index in [-0.39, 0.29) is 5.82 Å². The average molecular weight is 238 g/mol. The van der Waals surface area contributed by atoms with Gasteiger partial charge in [-0.25, -0.2) is 4.39 Å². The first-order chi connectivity index (χ1) is 7.74. The highest BCUT2D eigenvalue weighted by atomic mass is 32.2. The van der Waals surface area contributed by atoms with Crippen molar-refractivity contribution in [2.24, 2.45) is 4.99 Å². The second-order valence-electron chi connectivity index (χ2n) is 3.92. The van der Waals surface area contributed by atoms with Crippen molar-refractivity contribution in [3.8, 4) is 0 Å². The number of hydrogen-bond donors (Lipinski definition) is 1. The zero-order chi connectivity index (χ0) is 11.4. The Hall–Kier alpha value is -1.03. The van der Waals surface area contributed by atoms with E-state index in [1.54, 1.807) is 23.9 Å². The van der Waals surface area contributed by atoms with Crippen molar-refractivity contribution >= 4 is 16.9 Å². The second-order valence-corrected chi connectivity index (χ2v) is 4.93. The zero-order valence-corrected chi connectivity index (χ0v) is 10.1. The largest absolute Gasteiger partial charge is 0.362 e. The fraction of sp³-hybridized carbons (Fsp3) is 0.417. The number of aliphatic imine (C=N–C) groups is 1. The average Bonchev–Trinajstić information content (AvgIpc) is 2.64. The topological polar surface area (TPSA) is 24.4 Å². The molecule has 1 unspecified atom stereocenters. The van der Waals surface area contributed by atoms with Crippen molar-refractivity contribution in [3.05, 3.63) is 35.6 Å². The highest BCUT2D eigenvalue weighted by Crippen LogP contribution is 2.13. The van der Waals surface area contributed by atoms with E-state index in [1.807, 2.05) is 6.07 Å². The van der Waals surface area contributed by atoms with Gasteiger partial charge in [0.2, 0.25) is 0 Å². The minimum absolute atomic E-state index is 0.174. The van der Waals surface area contributed by atoms with E-state index in [2.05, 4.69) is 17.2 Å². The third-order valence-corrected chi connectivity index (χ3v) is 3.57. The highest BCUT2D eigenvalue weighted by molar-refractivity contribution is 8.14. The van der Waals surface area contributed by atoms with Crippen LogP contribution in [0.3, 0.4) is 0 Å². The number of benzene rings is 1. The summed E-state index contributed by atoms with van der Waals surface area (Å²) in [5.74, 6) is 0.908. The summed E-state index contributed by atoms with van der Waals surface area (Å²) in [7, 11) is 0. The summed E-state index contributed by atoms with van der Waals surface area (Å²) in [6.07, 6.45) is 0.790. The molecule has 2 rings (SSSR count). The molecule has 1 N–H and O–H groups in total. The Kier molecular flexibility index (Phi) is 3.83. The van der Waals surface area contributed by atoms with Crippen LogP contribution in [0.2, 0.25) is 0 Å². The number of nitrogens with one attached hydrogen (secondary N) is 1. The van der Waals surface area contributed by atoms with Crippen molar-refractivity contribution in [1.29, 1.82) is 0 Å². The third kappa shape index (κ3) is 3.23. The van der Waals surface area contributed by atoms with Crippen LogP contribution in [-0.2, 0) is 6.42 Å². The molecule has 1 aromatic rings. The molecule has 0 spiro atoms. The normalized spacial score (nSPS) is 22.4. The van der Waals surface area contributed by atoms with Crippen LogP contribution in [0.4, 0.5) is 4.39 Å². The molecule has 1 aromatic carbocycles. The maximum atomic E-state index is 12.9. The molecule has 4 heteroatoms. The molecule has 86 valence electrons. The number of amidine groups is 1. The molecule has 0 bridgehead atoms. The van der Waals surface area contributed by atoms with E-state index >= 15 is 0 Å². The van der Waals surface area contributed by atoms with Gasteiger partial charge >= 0.3 is 0 Å². The zero-order valence-electron chi connectivity index (χ0n) is 9.24. The molecule has 1 atom stereocenters. The van der Waals surface area contributed by atoms with Crippen LogP contribution in [0, 0.1) is 5.82 Å². The van der Waals surface area contributed by atoms with Gasteiger partial charge in [0.1, 0.15) is 5.82 Å². The van der Waals surface area contributed by atoms with Gasteiger partial charge in [-0.15, -0.1) is 0 Å². The molecule has 1 aliphatic heterocycles. The molecule has 0 amide bonds. The Bertz CT molecular complexity index is 392. The second kappa shape index (κ2) is 5.34. The van der Waals surface area contributed by atoms with Gasteiger partial charge in [-0.05, 0) is 31.0 Å². The summed E-state index contributed by atoms with van der Waals surface area (Å²) in [6.45, 7) is 2.85. The molecule has 0 saturated carbocycles. The molecule has 1 heterocycles. The molecular weight excluding hydrogens is 223 g/mol. The molecule has 16 heavy (non-hydrogen) atoms. The van der Waals surface area contributed by atoms with E-state index in [1.165, 1.54) is 6.07 Å². The third-order valence-electron chi connectivity index (χ3n) is 2.38. The van der Waals surface area contributed by atoms with Gasteiger partial charge < -0.3 is 5.32 Å². The Morgan fingerprint density at radius 2 is 2.44 bits per heavy atom. The van der Waals surface area contributed by atoms with Crippen molar-refractivity contribution in [2.45, 2.75) is 19.4 Å². The minimum atomic E-state index is -0.174. The van der Waals surface area contributed by atoms with Gasteiger partial charge in [0.05, 0.1) is 0 Å². The number of halogens is 1. The smallest absolute Gasteiger partial charge is 0.156 e. The summed E-state index contributed by atoms with van der Waals surface area (Å²) in [5.41, 5.74) is 1.00. The SMILES string of the molecule is CC1CSC(=NCCc2cccc(F)c2)N1. The highest BCUT2D eigenvalue weighted by Gasteiger charge is 2.14. The van der Waals surface area contributed by atoms with Crippen molar-refractivity contribution in [2.75, 3.05) is 12.3 Å². The number of hydrogen-bond acceptors (Lipinski definition) is 2. The molecule has 1 aliphatic rings. The predicted octanol–water partition coefficient (Wildman–Crippen LogP) is 2.45. The van der Waals surface area contributed by atoms with Gasteiger partial charge in [0.25, 0.3) is 0 Å². The fourth-order valence-corrected chi connectivity index (χ4v) is 2.53. The van der Waals surface area contributed by atoms with Gasteiger partial charge in [-0.1, -0.05) is 23.9 Å². The Balaban J connectivity index is 1.84. The van der Waals surface area contributed by atoms with Gasteiger partial charge in [-0.2, -0.15) is 0 Å². The number of thioether (sulfide) groups is 1. The van der Waals surface area contributed by atoms with Crippen molar-refractivity contribution in [1.82, 2.24) is 5.32 Å². The lowest BCUT2D eigenvalue weighted by Gasteiger charge is -2.01. The number of rotatable bonds is 3. The van der Waals surface area contributed by atoms with Crippen LogP contribution in [0.5, 0.6) is 0 Å². The lowest BCUT2D eigenvalue weighted by molar-refractivity contribution is 0.625. The Labute approximate surface area is 99.3 Å².